The van der Waals surface area contributed by atoms with Gasteiger partial charge in [-0.1, -0.05) is 12.1 Å². The van der Waals surface area contributed by atoms with Crippen LogP contribution < -0.4 is 0 Å². The van der Waals surface area contributed by atoms with Crippen molar-refractivity contribution in [3.05, 3.63) is 88.4 Å². The van der Waals surface area contributed by atoms with Gasteiger partial charge in [0.2, 0.25) is 0 Å². The summed E-state index contributed by atoms with van der Waals surface area (Å²) in [6.45, 7) is 1.59. The van der Waals surface area contributed by atoms with Crippen molar-refractivity contribution in [2.75, 3.05) is 0 Å². The van der Waals surface area contributed by atoms with E-state index in [1.165, 1.54) is 22.1 Å². The molecule has 1 N–H and O–H groups in total. The van der Waals surface area contributed by atoms with Crippen LogP contribution in [0.2, 0.25) is 0 Å². The molecule has 0 fully saturated rings. The molecule has 124 valence electrons. The van der Waals surface area contributed by atoms with Crippen LogP contribution in [0.25, 0.3) is 10.0 Å². The number of hydrogen-bond acceptors (Lipinski definition) is 3. The van der Waals surface area contributed by atoms with Crippen molar-refractivity contribution in [2.24, 2.45) is 0 Å². The molecule has 1 aliphatic carbocycles. The summed E-state index contributed by atoms with van der Waals surface area (Å²) >= 11 is 0.571. The predicted molar refractivity (Wildman–Crippen MR) is 99.3 cm³/mol. The topological polar surface area (TPSA) is 54.4 Å². The Bertz CT molecular complexity index is 939. The zero-order valence-corrected chi connectivity index (χ0v) is 15.3. The maximum absolute atomic E-state index is 11.6. The summed E-state index contributed by atoms with van der Waals surface area (Å²) in [7, 11) is 0. The third-order valence-corrected chi connectivity index (χ3v) is 5.75. The minimum atomic E-state index is -0.310. The van der Waals surface area contributed by atoms with Gasteiger partial charge < -0.3 is 5.11 Å². The molecule has 0 saturated carbocycles. The number of carbonyl (C=O) groups excluding carboxylic acids is 2. The summed E-state index contributed by atoms with van der Waals surface area (Å²) in [4.78, 5) is 25.3. The molecule has 0 amide bonds. The average molecular weight is 395 g/mol. The Labute approximate surface area is 152 Å². The molecule has 0 atom stereocenters. The summed E-state index contributed by atoms with van der Waals surface area (Å²) in [5.41, 5.74) is 2.18. The van der Waals surface area contributed by atoms with Gasteiger partial charge >= 0.3 is 71.9 Å². The van der Waals surface area contributed by atoms with Crippen molar-refractivity contribution in [3.8, 4) is 15.8 Å². The van der Waals surface area contributed by atoms with Crippen molar-refractivity contribution in [3.63, 3.8) is 0 Å². The van der Waals surface area contributed by atoms with Crippen LogP contribution in [0.15, 0.2) is 77.3 Å². The van der Waals surface area contributed by atoms with Gasteiger partial charge in [0.15, 0.2) is 11.6 Å². The number of phenols is 1. The van der Waals surface area contributed by atoms with E-state index in [-0.39, 0.29) is 28.4 Å². The fraction of sp³-hybridized carbons (Fsp3) is 0.0476. The molecular weight excluding hydrogens is 379 g/mol. The van der Waals surface area contributed by atoms with Crippen LogP contribution in [-0.2, 0) is 0 Å². The van der Waals surface area contributed by atoms with Gasteiger partial charge in [0, 0.05) is 11.1 Å². The minimum absolute atomic E-state index is 0.114. The molecule has 1 aromatic heterocycles. The Morgan fingerprint density at radius 1 is 0.880 bits per heavy atom. The van der Waals surface area contributed by atoms with Gasteiger partial charge in [0.25, 0.3) is 0 Å². The van der Waals surface area contributed by atoms with Gasteiger partial charge in [-0.25, -0.2) is 0 Å². The van der Waals surface area contributed by atoms with Crippen LogP contribution in [0.1, 0.15) is 27.6 Å². The quantitative estimate of drug-likeness (QED) is 0.631. The fourth-order valence-electron chi connectivity index (χ4n) is 2.58. The fourth-order valence-corrected chi connectivity index (χ4v) is 4.12. The maximum atomic E-state index is 11.6. The van der Waals surface area contributed by atoms with Gasteiger partial charge in [-0.2, -0.15) is 0 Å². The zero-order chi connectivity index (χ0) is 17.8. The van der Waals surface area contributed by atoms with Crippen LogP contribution in [0, 0.1) is 0 Å². The number of hydrogen-bond donors (Lipinski definition) is 1. The third-order valence-electron chi connectivity index (χ3n) is 3.82. The van der Waals surface area contributed by atoms with Gasteiger partial charge in [0.1, 0.15) is 5.75 Å². The van der Waals surface area contributed by atoms with E-state index in [2.05, 4.69) is 47.4 Å². The second kappa shape index (κ2) is 7.47. The number of allylic oxidation sites excluding steroid dienone is 2. The van der Waals surface area contributed by atoms with Gasteiger partial charge in [-0.15, -0.1) is 0 Å². The average Bonchev–Trinajstić information content (AvgIpc) is 3.15. The Morgan fingerprint density at radius 2 is 1.64 bits per heavy atom. The predicted octanol–water partition coefficient (Wildman–Crippen LogP) is 4.13. The number of fused-ring (bicyclic) bond motifs is 1. The Balaban J connectivity index is 0.000000150. The molecule has 25 heavy (non-hydrogen) atoms. The van der Waals surface area contributed by atoms with Crippen molar-refractivity contribution >= 4 is 26.1 Å². The second-order valence-corrected chi connectivity index (χ2v) is 7.55. The molecule has 2 aromatic carbocycles. The molecule has 4 rings (SSSR count). The molecule has 0 unspecified atom stereocenters. The summed E-state index contributed by atoms with van der Waals surface area (Å²) in [6, 6.07) is 19.4. The Morgan fingerprint density at radius 3 is 2.32 bits per heavy atom. The van der Waals surface area contributed by atoms with Crippen LogP contribution in [0.5, 0.6) is 5.75 Å². The summed E-state index contributed by atoms with van der Waals surface area (Å²) in [5, 5.41) is 9.43. The van der Waals surface area contributed by atoms with Gasteiger partial charge in [-0.05, 0) is 19.1 Å². The first-order valence-electron chi connectivity index (χ1n) is 7.76. The number of carbonyl (C=O) groups is 2. The van der Waals surface area contributed by atoms with Gasteiger partial charge in [0.05, 0.1) is 5.56 Å². The zero-order valence-electron chi connectivity index (χ0n) is 13.6. The van der Waals surface area contributed by atoms with Crippen molar-refractivity contribution < 1.29 is 14.7 Å². The van der Waals surface area contributed by atoms with Crippen LogP contribution in [0.3, 0.4) is 0 Å². The molecule has 0 radical (unpaired) electrons. The second-order valence-electron chi connectivity index (χ2n) is 5.56. The number of Topliss-reactive ketones (excluding diaryl/α,β-unsaturated/α-hetero) is 1. The summed E-state index contributed by atoms with van der Waals surface area (Å²) < 4.78 is 1.48. The molecule has 0 aliphatic heterocycles. The number of benzene rings is 2. The SMILES string of the molecule is CC1=CC(=O)c2c(O)cccc2C1=O.c1ccc(-c2ccc[se]2)cc1. The molecule has 0 bridgehead atoms. The first-order valence-corrected chi connectivity index (χ1v) is 9.60. The number of aromatic hydroxyl groups is 1. The van der Waals surface area contributed by atoms with E-state index in [9.17, 15) is 14.7 Å². The van der Waals surface area contributed by atoms with Gasteiger partial charge in [-0.3, -0.25) is 9.59 Å². The van der Waals surface area contributed by atoms with Crippen LogP contribution in [0.4, 0.5) is 0 Å². The van der Waals surface area contributed by atoms with E-state index in [1.54, 1.807) is 19.1 Å². The van der Waals surface area contributed by atoms with E-state index >= 15 is 0 Å². The first-order chi connectivity index (χ1) is 12.1. The Hall–Kier alpha value is -2.68. The summed E-state index contributed by atoms with van der Waals surface area (Å²) in [5.74, 6) is -0.643. The molecule has 3 aromatic rings. The molecule has 0 spiro atoms. The van der Waals surface area contributed by atoms with Crippen molar-refractivity contribution in [1.29, 1.82) is 0 Å². The van der Waals surface area contributed by atoms with E-state index < -0.39 is 0 Å². The summed E-state index contributed by atoms with van der Waals surface area (Å²) in [6.07, 6.45) is 1.25. The standard InChI is InChI=1S/C11H8O3.C10H8Se/c1-6-5-9(13)10-7(11(6)14)3-2-4-8(10)12;1-2-5-9(6-3-1)10-7-4-8-11-10/h2-5,12H,1H3;1-8H. The first kappa shape index (κ1) is 17.2. The van der Waals surface area contributed by atoms with E-state index in [1.807, 2.05) is 0 Å². The third kappa shape index (κ3) is 3.71. The monoisotopic (exact) mass is 396 g/mol. The number of phenolic OH excluding ortho intramolecular Hbond substituents is 1. The van der Waals surface area contributed by atoms with Crippen LogP contribution >= 0.6 is 0 Å². The van der Waals surface area contributed by atoms with E-state index in [0.29, 0.717) is 20.1 Å². The molecule has 3 nitrogen and oxygen atoms in total. The molecule has 1 heterocycles. The molecule has 1 aliphatic rings. The number of rotatable bonds is 1. The molecular formula is C21H16O3Se. The normalized spacial score (nSPS) is 12.8. The molecule has 4 heteroatoms. The van der Waals surface area contributed by atoms with Crippen molar-refractivity contribution in [1.82, 2.24) is 0 Å². The van der Waals surface area contributed by atoms with E-state index in [0.717, 1.165) is 0 Å². The Kier molecular flexibility index (Phi) is 5.13. The number of ketones is 2. The van der Waals surface area contributed by atoms with E-state index in [4.69, 9.17) is 0 Å². The van der Waals surface area contributed by atoms with Crippen molar-refractivity contribution in [2.45, 2.75) is 6.92 Å². The van der Waals surface area contributed by atoms with Crippen LogP contribution in [-0.4, -0.2) is 31.2 Å². The molecule has 0 saturated heterocycles.